The summed E-state index contributed by atoms with van der Waals surface area (Å²) >= 11 is 0. The summed E-state index contributed by atoms with van der Waals surface area (Å²) in [5.41, 5.74) is 3.35. The van der Waals surface area contributed by atoms with Crippen LogP contribution in [-0.4, -0.2) is 28.8 Å². The Morgan fingerprint density at radius 2 is 1.79 bits per heavy atom. The molecular weight excluding hydrogens is 354 g/mol. The minimum atomic E-state index is 0.381. The van der Waals surface area contributed by atoms with Gasteiger partial charge in [-0.25, -0.2) is 9.50 Å². The number of hydrogen-bond donors (Lipinski definition) is 1. The van der Waals surface area contributed by atoms with E-state index in [-0.39, 0.29) is 0 Å². The Labute approximate surface area is 161 Å². The maximum absolute atomic E-state index is 9.68. The number of ether oxygens (including phenoxy) is 2. The topological polar surface area (TPSA) is 84.5 Å². The number of aromatic nitrogens is 3. The van der Waals surface area contributed by atoms with Gasteiger partial charge in [0.25, 0.3) is 0 Å². The first kappa shape index (κ1) is 17.4. The first-order chi connectivity index (χ1) is 13.7. The molecule has 2 heterocycles. The Hall–Kier alpha value is -4.05. The molecule has 0 aliphatic rings. The van der Waals surface area contributed by atoms with Crippen molar-refractivity contribution in [1.82, 2.24) is 14.6 Å². The number of para-hydroxylation sites is 1. The monoisotopic (exact) mass is 371 g/mol. The highest BCUT2D eigenvalue weighted by molar-refractivity contribution is 5.75. The van der Waals surface area contributed by atoms with E-state index in [1.54, 1.807) is 24.9 Å². The van der Waals surface area contributed by atoms with E-state index < -0.39 is 0 Å². The molecule has 0 radical (unpaired) electrons. The lowest BCUT2D eigenvalue weighted by Crippen LogP contribution is -1.98. The van der Waals surface area contributed by atoms with E-state index in [2.05, 4.69) is 21.5 Å². The second kappa shape index (κ2) is 7.29. The van der Waals surface area contributed by atoms with Gasteiger partial charge in [0, 0.05) is 17.4 Å². The molecule has 28 heavy (non-hydrogen) atoms. The lowest BCUT2D eigenvalue weighted by Gasteiger charge is -2.10. The largest absolute Gasteiger partial charge is 0.493 e. The number of benzene rings is 2. The van der Waals surface area contributed by atoms with Gasteiger partial charge in [-0.05, 0) is 36.4 Å². The van der Waals surface area contributed by atoms with Crippen LogP contribution in [-0.2, 0) is 0 Å². The molecule has 4 aromatic rings. The third-order valence-electron chi connectivity index (χ3n) is 4.35. The number of anilines is 2. The van der Waals surface area contributed by atoms with Gasteiger partial charge in [0.15, 0.2) is 23.0 Å². The third-order valence-corrected chi connectivity index (χ3v) is 4.35. The fourth-order valence-electron chi connectivity index (χ4n) is 3.01. The summed E-state index contributed by atoms with van der Waals surface area (Å²) < 4.78 is 12.4. The van der Waals surface area contributed by atoms with Crippen molar-refractivity contribution in [2.24, 2.45) is 0 Å². The van der Waals surface area contributed by atoms with Crippen LogP contribution in [0.1, 0.15) is 5.56 Å². The predicted molar refractivity (Wildman–Crippen MR) is 106 cm³/mol. The molecule has 138 valence electrons. The zero-order chi connectivity index (χ0) is 19.5. The minimum absolute atomic E-state index is 0.381. The molecule has 0 saturated heterocycles. The van der Waals surface area contributed by atoms with Gasteiger partial charge < -0.3 is 14.8 Å². The van der Waals surface area contributed by atoms with Gasteiger partial charge in [-0.15, -0.1) is 5.10 Å². The standard InChI is InChI=1S/C21H17N5O2/c1-27-18-9-8-14(12-19(18)28-2)17-10-11-23-21-16(13-22)20(25-26(17)21)24-15-6-4-3-5-7-15/h3-12H,1-2H3,(H,24,25). The molecule has 0 amide bonds. The second-order valence-corrected chi connectivity index (χ2v) is 5.96. The molecule has 0 aliphatic carbocycles. The van der Waals surface area contributed by atoms with E-state index in [0.29, 0.717) is 28.5 Å². The fraction of sp³-hybridized carbons (Fsp3) is 0.0952. The summed E-state index contributed by atoms with van der Waals surface area (Å²) in [6, 6.07) is 19.2. The second-order valence-electron chi connectivity index (χ2n) is 5.96. The molecule has 7 heteroatoms. The number of nitrogens with one attached hydrogen (secondary N) is 1. The lowest BCUT2D eigenvalue weighted by molar-refractivity contribution is 0.355. The normalized spacial score (nSPS) is 10.5. The summed E-state index contributed by atoms with van der Waals surface area (Å²) in [6.07, 6.45) is 1.66. The molecule has 0 fully saturated rings. The van der Waals surface area contributed by atoms with Crippen molar-refractivity contribution in [2.45, 2.75) is 0 Å². The van der Waals surface area contributed by atoms with Crippen molar-refractivity contribution in [3.05, 3.63) is 66.4 Å². The first-order valence-corrected chi connectivity index (χ1v) is 8.57. The highest BCUT2D eigenvalue weighted by atomic mass is 16.5. The molecule has 0 atom stereocenters. The fourth-order valence-corrected chi connectivity index (χ4v) is 3.01. The van der Waals surface area contributed by atoms with Crippen molar-refractivity contribution < 1.29 is 9.47 Å². The molecule has 4 rings (SSSR count). The SMILES string of the molecule is COc1ccc(-c2ccnc3c(C#N)c(Nc4ccccc4)nn23)cc1OC. The summed E-state index contributed by atoms with van der Waals surface area (Å²) in [6.45, 7) is 0. The molecular formula is C21H17N5O2. The Morgan fingerprint density at radius 3 is 2.50 bits per heavy atom. The lowest BCUT2D eigenvalue weighted by atomic mass is 10.1. The summed E-state index contributed by atoms with van der Waals surface area (Å²) in [7, 11) is 3.18. The van der Waals surface area contributed by atoms with Crippen LogP contribution in [0.15, 0.2) is 60.8 Å². The van der Waals surface area contributed by atoms with E-state index >= 15 is 0 Å². The van der Waals surface area contributed by atoms with E-state index in [9.17, 15) is 5.26 Å². The zero-order valence-electron chi connectivity index (χ0n) is 15.4. The number of nitriles is 1. The minimum Gasteiger partial charge on any atom is -0.493 e. The third kappa shape index (κ3) is 2.97. The maximum Gasteiger partial charge on any atom is 0.175 e. The number of methoxy groups -OCH3 is 2. The molecule has 0 saturated carbocycles. The van der Waals surface area contributed by atoms with Gasteiger partial charge >= 0.3 is 0 Å². The smallest absolute Gasteiger partial charge is 0.175 e. The van der Waals surface area contributed by atoms with Crippen LogP contribution in [0.4, 0.5) is 11.5 Å². The van der Waals surface area contributed by atoms with Crippen LogP contribution in [0.2, 0.25) is 0 Å². The quantitative estimate of drug-likeness (QED) is 0.570. The Balaban J connectivity index is 1.86. The van der Waals surface area contributed by atoms with Crippen LogP contribution in [0.5, 0.6) is 11.5 Å². The zero-order valence-corrected chi connectivity index (χ0v) is 15.4. The number of fused-ring (bicyclic) bond motifs is 1. The Bertz CT molecular complexity index is 1180. The molecule has 1 N–H and O–H groups in total. The molecule has 0 unspecified atom stereocenters. The molecule has 7 nitrogen and oxygen atoms in total. The van der Waals surface area contributed by atoms with Crippen molar-refractivity contribution in [1.29, 1.82) is 5.26 Å². The van der Waals surface area contributed by atoms with Crippen LogP contribution < -0.4 is 14.8 Å². The maximum atomic E-state index is 9.68. The Morgan fingerprint density at radius 1 is 1.00 bits per heavy atom. The van der Waals surface area contributed by atoms with Gasteiger partial charge in [-0.1, -0.05) is 18.2 Å². The van der Waals surface area contributed by atoms with Gasteiger partial charge in [-0.3, -0.25) is 0 Å². The van der Waals surface area contributed by atoms with Crippen molar-refractivity contribution in [2.75, 3.05) is 19.5 Å². The molecule has 2 aromatic heterocycles. The van der Waals surface area contributed by atoms with Crippen LogP contribution in [0.25, 0.3) is 16.9 Å². The first-order valence-electron chi connectivity index (χ1n) is 8.57. The predicted octanol–water partition coefficient (Wildman–Crippen LogP) is 4.03. The van der Waals surface area contributed by atoms with Gasteiger partial charge in [-0.2, -0.15) is 5.26 Å². The number of nitrogens with zero attached hydrogens (tertiary/aromatic N) is 4. The molecule has 0 spiro atoms. The highest BCUT2D eigenvalue weighted by Crippen LogP contribution is 2.33. The average molecular weight is 371 g/mol. The van der Waals surface area contributed by atoms with Crippen LogP contribution in [0.3, 0.4) is 0 Å². The number of hydrogen-bond acceptors (Lipinski definition) is 6. The van der Waals surface area contributed by atoms with Gasteiger partial charge in [0.1, 0.15) is 11.6 Å². The van der Waals surface area contributed by atoms with E-state index in [0.717, 1.165) is 16.9 Å². The van der Waals surface area contributed by atoms with Crippen molar-refractivity contribution >= 4 is 17.2 Å². The number of rotatable bonds is 5. The highest BCUT2D eigenvalue weighted by Gasteiger charge is 2.17. The van der Waals surface area contributed by atoms with Crippen LogP contribution >= 0.6 is 0 Å². The van der Waals surface area contributed by atoms with Crippen molar-refractivity contribution in [3.8, 4) is 28.8 Å². The van der Waals surface area contributed by atoms with E-state index in [4.69, 9.17) is 9.47 Å². The summed E-state index contributed by atoms with van der Waals surface area (Å²) in [4.78, 5) is 4.36. The van der Waals surface area contributed by atoms with E-state index in [1.165, 1.54) is 0 Å². The summed E-state index contributed by atoms with van der Waals surface area (Å²) in [5.74, 6) is 1.70. The summed E-state index contributed by atoms with van der Waals surface area (Å²) in [5, 5.41) is 17.5. The molecule has 2 aromatic carbocycles. The van der Waals surface area contributed by atoms with E-state index in [1.807, 2.05) is 54.6 Å². The molecule has 0 aliphatic heterocycles. The van der Waals surface area contributed by atoms with Gasteiger partial charge in [0.05, 0.1) is 19.9 Å². The van der Waals surface area contributed by atoms with Crippen molar-refractivity contribution in [3.63, 3.8) is 0 Å². The Kier molecular flexibility index (Phi) is 4.52. The molecule has 0 bridgehead atoms. The van der Waals surface area contributed by atoms with Gasteiger partial charge in [0.2, 0.25) is 0 Å². The average Bonchev–Trinajstić information content (AvgIpc) is 3.10. The van der Waals surface area contributed by atoms with Crippen LogP contribution in [0, 0.1) is 11.3 Å².